The zero-order chi connectivity index (χ0) is 16.7. The molecule has 0 saturated heterocycles. The lowest BCUT2D eigenvalue weighted by atomic mass is 10.1. The molecular weight excluding hydrogens is 288 g/mol. The van der Waals surface area contributed by atoms with Crippen LogP contribution < -0.4 is 15.4 Å². The highest BCUT2D eigenvalue weighted by atomic mass is 16.5. The minimum absolute atomic E-state index is 0.664. The van der Waals surface area contributed by atoms with Crippen molar-refractivity contribution in [1.82, 2.24) is 15.2 Å². The SMILES string of the molecule is CCOc1cc(C)ccc1CNC(=NC)NCc1ccn(C)c1. The first-order valence-electron chi connectivity index (χ1n) is 7.90. The number of guanidine groups is 1. The lowest BCUT2D eigenvalue weighted by molar-refractivity contribution is 0.336. The Balaban J connectivity index is 1.92. The third-order valence-corrected chi connectivity index (χ3v) is 3.55. The van der Waals surface area contributed by atoms with E-state index in [1.165, 1.54) is 11.1 Å². The van der Waals surface area contributed by atoms with E-state index in [0.717, 1.165) is 23.8 Å². The zero-order valence-electron chi connectivity index (χ0n) is 14.4. The average Bonchev–Trinajstić information content (AvgIpc) is 2.95. The number of aliphatic imine (C=N–C) groups is 1. The van der Waals surface area contributed by atoms with Crippen LogP contribution in [0.15, 0.2) is 41.7 Å². The smallest absolute Gasteiger partial charge is 0.191 e. The van der Waals surface area contributed by atoms with Gasteiger partial charge < -0.3 is 19.9 Å². The summed E-state index contributed by atoms with van der Waals surface area (Å²) in [6.45, 7) is 6.15. The second-order valence-corrected chi connectivity index (χ2v) is 5.51. The minimum atomic E-state index is 0.664. The summed E-state index contributed by atoms with van der Waals surface area (Å²) < 4.78 is 7.75. The second kappa shape index (κ2) is 8.27. The molecule has 1 aromatic carbocycles. The van der Waals surface area contributed by atoms with Gasteiger partial charge in [-0.25, -0.2) is 0 Å². The van der Waals surface area contributed by atoms with Crippen LogP contribution in [0.3, 0.4) is 0 Å². The molecule has 23 heavy (non-hydrogen) atoms. The van der Waals surface area contributed by atoms with Crippen LogP contribution in [0.2, 0.25) is 0 Å². The number of hydrogen-bond acceptors (Lipinski definition) is 2. The van der Waals surface area contributed by atoms with E-state index in [2.05, 4.69) is 53.0 Å². The number of aromatic nitrogens is 1. The third-order valence-electron chi connectivity index (χ3n) is 3.55. The Morgan fingerprint density at radius 2 is 2.00 bits per heavy atom. The van der Waals surface area contributed by atoms with Crippen molar-refractivity contribution in [3.05, 3.63) is 53.3 Å². The number of aryl methyl sites for hydroxylation is 2. The van der Waals surface area contributed by atoms with E-state index in [1.54, 1.807) is 7.05 Å². The van der Waals surface area contributed by atoms with Crippen LogP contribution in [0.25, 0.3) is 0 Å². The molecule has 5 heteroatoms. The summed E-state index contributed by atoms with van der Waals surface area (Å²) in [4.78, 5) is 4.26. The summed E-state index contributed by atoms with van der Waals surface area (Å²) >= 11 is 0. The molecule has 2 aromatic rings. The summed E-state index contributed by atoms with van der Waals surface area (Å²) in [5.41, 5.74) is 3.55. The molecule has 0 bridgehead atoms. The van der Waals surface area contributed by atoms with E-state index in [9.17, 15) is 0 Å². The number of rotatable bonds is 6. The molecule has 0 aliphatic rings. The summed E-state index contributed by atoms with van der Waals surface area (Å²) in [5.74, 6) is 1.70. The van der Waals surface area contributed by atoms with E-state index < -0.39 is 0 Å². The first kappa shape index (κ1) is 16.9. The summed E-state index contributed by atoms with van der Waals surface area (Å²) in [6, 6.07) is 8.35. The van der Waals surface area contributed by atoms with Gasteiger partial charge in [0.1, 0.15) is 5.75 Å². The summed E-state index contributed by atoms with van der Waals surface area (Å²) in [5, 5.41) is 6.65. The zero-order valence-corrected chi connectivity index (χ0v) is 14.4. The molecule has 2 N–H and O–H groups in total. The van der Waals surface area contributed by atoms with Crippen LogP contribution in [0, 0.1) is 6.92 Å². The largest absolute Gasteiger partial charge is 0.494 e. The van der Waals surface area contributed by atoms with Crippen molar-refractivity contribution in [2.75, 3.05) is 13.7 Å². The number of benzene rings is 1. The average molecular weight is 314 g/mol. The van der Waals surface area contributed by atoms with Crippen molar-refractivity contribution < 1.29 is 4.74 Å². The topological polar surface area (TPSA) is 50.6 Å². The fraction of sp³-hybridized carbons (Fsp3) is 0.389. The van der Waals surface area contributed by atoms with Crippen molar-refractivity contribution in [3.8, 4) is 5.75 Å². The Kier molecular flexibility index (Phi) is 6.09. The van der Waals surface area contributed by atoms with E-state index in [1.807, 2.05) is 24.7 Å². The normalized spacial score (nSPS) is 11.4. The molecule has 0 radical (unpaired) electrons. The number of hydrogen-bond donors (Lipinski definition) is 2. The van der Waals surface area contributed by atoms with E-state index in [0.29, 0.717) is 13.2 Å². The van der Waals surface area contributed by atoms with Crippen LogP contribution in [-0.4, -0.2) is 24.2 Å². The van der Waals surface area contributed by atoms with E-state index in [-0.39, 0.29) is 0 Å². The molecule has 124 valence electrons. The van der Waals surface area contributed by atoms with Crippen molar-refractivity contribution in [2.24, 2.45) is 12.0 Å². The van der Waals surface area contributed by atoms with Gasteiger partial charge in [-0.2, -0.15) is 0 Å². The van der Waals surface area contributed by atoms with Gasteiger partial charge in [0.15, 0.2) is 5.96 Å². The Morgan fingerprint density at radius 1 is 1.22 bits per heavy atom. The first-order valence-corrected chi connectivity index (χ1v) is 7.90. The van der Waals surface area contributed by atoms with Crippen LogP contribution in [0.5, 0.6) is 5.75 Å². The molecule has 1 aromatic heterocycles. The van der Waals surface area contributed by atoms with Crippen molar-refractivity contribution >= 4 is 5.96 Å². The minimum Gasteiger partial charge on any atom is -0.494 e. The molecule has 0 saturated carbocycles. The third kappa shape index (κ3) is 5.06. The fourth-order valence-electron chi connectivity index (χ4n) is 2.35. The monoisotopic (exact) mass is 314 g/mol. The Bertz CT molecular complexity index is 661. The molecular formula is C18H26N4O. The Morgan fingerprint density at radius 3 is 2.65 bits per heavy atom. The highest BCUT2D eigenvalue weighted by Gasteiger charge is 2.05. The highest BCUT2D eigenvalue weighted by Crippen LogP contribution is 2.20. The fourth-order valence-corrected chi connectivity index (χ4v) is 2.35. The van der Waals surface area contributed by atoms with Gasteiger partial charge in [0.25, 0.3) is 0 Å². The maximum absolute atomic E-state index is 5.71. The van der Waals surface area contributed by atoms with Gasteiger partial charge in [-0.05, 0) is 37.1 Å². The first-order chi connectivity index (χ1) is 11.1. The second-order valence-electron chi connectivity index (χ2n) is 5.51. The van der Waals surface area contributed by atoms with Gasteiger partial charge in [0.05, 0.1) is 6.61 Å². The van der Waals surface area contributed by atoms with Gasteiger partial charge in [-0.3, -0.25) is 4.99 Å². The molecule has 0 aliphatic heterocycles. The van der Waals surface area contributed by atoms with Crippen LogP contribution in [0.1, 0.15) is 23.6 Å². The molecule has 0 fully saturated rings. The lowest BCUT2D eigenvalue weighted by Gasteiger charge is -2.14. The molecule has 0 aliphatic carbocycles. The van der Waals surface area contributed by atoms with Crippen molar-refractivity contribution in [3.63, 3.8) is 0 Å². The lowest BCUT2D eigenvalue weighted by Crippen LogP contribution is -2.36. The van der Waals surface area contributed by atoms with Crippen molar-refractivity contribution in [2.45, 2.75) is 26.9 Å². The maximum atomic E-state index is 5.71. The van der Waals surface area contributed by atoms with Crippen LogP contribution in [0.4, 0.5) is 0 Å². The van der Waals surface area contributed by atoms with E-state index >= 15 is 0 Å². The predicted octanol–water partition coefficient (Wildman–Crippen LogP) is 2.60. The molecule has 5 nitrogen and oxygen atoms in total. The van der Waals surface area contributed by atoms with Gasteiger partial charge >= 0.3 is 0 Å². The number of ether oxygens (including phenoxy) is 1. The van der Waals surface area contributed by atoms with E-state index in [4.69, 9.17) is 4.74 Å². The van der Waals surface area contributed by atoms with Gasteiger partial charge in [0, 0.05) is 45.1 Å². The molecule has 0 amide bonds. The summed E-state index contributed by atoms with van der Waals surface area (Å²) in [7, 11) is 3.79. The maximum Gasteiger partial charge on any atom is 0.191 e. The van der Waals surface area contributed by atoms with Gasteiger partial charge in [-0.1, -0.05) is 12.1 Å². The van der Waals surface area contributed by atoms with Crippen LogP contribution in [-0.2, 0) is 20.1 Å². The Hall–Kier alpha value is -2.43. The van der Waals surface area contributed by atoms with Crippen molar-refractivity contribution in [1.29, 1.82) is 0 Å². The number of nitrogens with one attached hydrogen (secondary N) is 2. The quantitative estimate of drug-likeness (QED) is 0.636. The Labute approximate surface area is 138 Å². The van der Waals surface area contributed by atoms with Gasteiger partial charge in [0.2, 0.25) is 0 Å². The van der Waals surface area contributed by atoms with Gasteiger partial charge in [-0.15, -0.1) is 0 Å². The standard InChI is InChI=1S/C18H26N4O/c1-5-23-17-10-14(2)6-7-16(17)12-21-18(19-3)20-11-15-8-9-22(4)13-15/h6-10,13H,5,11-12H2,1-4H3,(H2,19,20,21). The molecule has 0 atom stereocenters. The van der Waals surface area contributed by atoms with Crippen LogP contribution >= 0.6 is 0 Å². The molecule has 0 spiro atoms. The molecule has 2 rings (SSSR count). The summed E-state index contributed by atoms with van der Waals surface area (Å²) in [6.07, 6.45) is 4.13. The predicted molar refractivity (Wildman–Crippen MR) is 94.8 cm³/mol. The number of nitrogens with zero attached hydrogens (tertiary/aromatic N) is 2. The molecule has 0 unspecified atom stereocenters. The molecule has 1 heterocycles. The highest BCUT2D eigenvalue weighted by molar-refractivity contribution is 5.79.